The third-order valence-electron chi connectivity index (χ3n) is 4.24. The summed E-state index contributed by atoms with van der Waals surface area (Å²) in [4.78, 5) is 21.1. The average molecular weight is 396 g/mol. The van der Waals surface area contributed by atoms with E-state index in [1.165, 1.54) is 10.9 Å². The molecule has 4 aromatic rings. The predicted octanol–water partition coefficient (Wildman–Crippen LogP) is 3.04. The summed E-state index contributed by atoms with van der Waals surface area (Å²) < 4.78 is 31.3. The fraction of sp³-hybridized carbons (Fsp3) is 0.158. The number of pyridine rings is 2. The quantitative estimate of drug-likeness (QED) is 0.511. The van der Waals surface area contributed by atoms with Crippen LogP contribution in [0, 0.1) is 6.92 Å². The van der Waals surface area contributed by atoms with Crippen molar-refractivity contribution in [2.75, 3.05) is 0 Å². The molecule has 10 heteroatoms. The molecule has 0 aliphatic carbocycles. The Bertz CT molecular complexity index is 1190. The second kappa shape index (κ2) is 7.66. The van der Waals surface area contributed by atoms with Gasteiger partial charge in [-0.3, -0.25) is 14.8 Å². The maximum Gasteiger partial charge on any atom is 0.314 e. The van der Waals surface area contributed by atoms with Crippen molar-refractivity contribution in [2.45, 2.75) is 19.9 Å². The van der Waals surface area contributed by atoms with Crippen molar-refractivity contribution in [3.8, 4) is 22.7 Å². The van der Waals surface area contributed by atoms with E-state index in [2.05, 4.69) is 25.3 Å². The van der Waals surface area contributed by atoms with Gasteiger partial charge in [0.2, 0.25) is 5.89 Å². The second-order valence-corrected chi connectivity index (χ2v) is 6.15. The van der Waals surface area contributed by atoms with Gasteiger partial charge < -0.3 is 4.42 Å². The van der Waals surface area contributed by atoms with Gasteiger partial charge in [-0.25, -0.2) is 4.68 Å². The molecule has 0 fully saturated rings. The topological polar surface area (TPSA) is 99.6 Å². The number of hydrogen-bond acceptors (Lipinski definition) is 7. The van der Waals surface area contributed by atoms with Gasteiger partial charge in [-0.2, -0.15) is 13.9 Å². The Labute approximate surface area is 162 Å². The van der Waals surface area contributed by atoms with Gasteiger partial charge in [-0.15, -0.1) is 10.2 Å². The smallest absolute Gasteiger partial charge is 0.314 e. The van der Waals surface area contributed by atoms with Gasteiger partial charge in [-0.1, -0.05) is 6.07 Å². The van der Waals surface area contributed by atoms with Crippen molar-refractivity contribution in [1.29, 1.82) is 0 Å². The van der Waals surface area contributed by atoms with Crippen LogP contribution in [0.5, 0.6) is 0 Å². The molecule has 146 valence electrons. The number of halogens is 2. The Morgan fingerprint density at radius 1 is 1.10 bits per heavy atom. The molecule has 0 unspecified atom stereocenters. The number of hydrogen-bond donors (Lipinski definition) is 0. The molecule has 0 N–H and O–H groups in total. The molecule has 0 aliphatic heterocycles. The lowest BCUT2D eigenvalue weighted by molar-refractivity contribution is 0.116. The van der Waals surface area contributed by atoms with Crippen LogP contribution in [0.4, 0.5) is 8.78 Å². The normalized spacial score (nSPS) is 11.2. The highest BCUT2D eigenvalue weighted by Gasteiger charge is 2.17. The first-order chi connectivity index (χ1) is 14.0. The van der Waals surface area contributed by atoms with Gasteiger partial charge in [0.15, 0.2) is 0 Å². The number of rotatable bonds is 5. The Hall–Kier alpha value is -3.82. The molecule has 4 heterocycles. The number of aromatic nitrogens is 6. The second-order valence-electron chi connectivity index (χ2n) is 6.15. The van der Waals surface area contributed by atoms with Crippen LogP contribution in [-0.4, -0.2) is 29.9 Å². The maximum absolute atomic E-state index is 12.7. The Morgan fingerprint density at radius 3 is 2.62 bits per heavy atom. The molecule has 4 aromatic heterocycles. The third kappa shape index (κ3) is 3.77. The summed E-state index contributed by atoms with van der Waals surface area (Å²) in [7, 11) is 0. The summed E-state index contributed by atoms with van der Waals surface area (Å²) in [5.74, 6) is -0.798. The zero-order valence-electron chi connectivity index (χ0n) is 15.2. The molecule has 0 aromatic carbocycles. The first kappa shape index (κ1) is 18.5. The van der Waals surface area contributed by atoms with E-state index in [-0.39, 0.29) is 18.0 Å². The minimum absolute atomic E-state index is 0.0507. The molecule has 0 atom stereocenters. The van der Waals surface area contributed by atoms with Crippen LogP contribution in [-0.2, 0) is 6.54 Å². The van der Waals surface area contributed by atoms with Crippen LogP contribution >= 0.6 is 0 Å². The van der Waals surface area contributed by atoms with Crippen LogP contribution in [0.2, 0.25) is 0 Å². The molecule has 0 aliphatic rings. The summed E-state index contributed by atoms with van der Waals surface area (Å²) in [5, 5.41) is 11.1. The third-order valence-corrected chi connectivity index (χ3v) is 4.24. The zero-order valence-corrected chi connectivity index (χ0v) is 15.2. The molecule has 8 nitrogen and oxygen atoms in total. The SMILES string of the molecule is Cc1c(-c2ccccn2)cnn(Cc2ccc(-c3nnc(C(F)F)o3)cn2)c1=O. The number of alkyl halides is 2. The Kier molecular flexibility index (Phi) is 4.90. The van der Waals surface area contributed by atoms with E-state index >= 15 is 0 Å². The van der Waals surface area contributed by atoms with Crippen molar-refractivity contribution in [3.63, 3.8) is 0 Å². The molecule has 4 rings (SSSR count). The van der Waals surface area contributed by atoms with Gasteiger partial charge >= 0.3 is 6.43 Å². The van der Waals surface area contributed by atoms with Gasteiger partial charge in [0.25, 0.3) is 11.4 Å². The van der Waals surface area contributed by atoms with E-state index in [0.717, 1.165) is 0 Å². The Balaban J connectivity index is 1.56. The molecule has 0 saturated heterocycles. The fourth-order valence-corrected chi connectivity index (χ4v) is 2.72. The monoisotopic (exact) mass is 396 g/mol. The summed E-state index contributed by atoms with van der Waals surface area (Å²) in [6, 6.07) is 8.69. The van der Waals surface area contributed by atoms with Crippen LogP contribution in [0.3, 0.4) is 0 Å². The lowest BCUT2D eigenvalue weighted by atomic mass is 10.1. The van der Waals surface area contributed by atoms with E-state index in [0.29, 0.717) is 28.1 Å². The van der Waals surface area contributed by atoms with Gasteiger partial charge in [0, 0.05) is 23.5 Å². The van der Waals surface area contributed by atoms with Crippen molar-refractivity contribution >= 4 is 0 Å². The summed E-state index contributed by atoms with van der Waals surface area (Å²) in [5.41, 5.74) is 2.57. The molecule has 0 bridgehead atoms. The first-order valence-corrected chi connectivity index (χ1v) is 8.58. The van der Waals surface area contributed by atoms with Crippen LogP contribution < -0.4 is 5.56 Å². The van der Waals surface area contributed by atoms with E-state index in [1.807, 2.05) is 12.1 Å². The lowest BCUT2D eigenvalue weighted by Gasteiger charge is -2.09. The van der Waals surface area contributed by atoms with Crippen molar-refractivity contribution < 1.29 is 13.2 Å². The van der Waals surface area contributed by atoms with Crippen LogP contribution in [0.25, 0.3) is 22.7 Å². The summed E-state index contributed by atoms with van der Waals surface area (Å²) in [6.07, 6.45) is 1.83. The van der Waals surface area contributed by atoms with E-state index in [4.69, 9.17) is 4.42 Å². The van der Waals surface area contributed by atoms with Crippen molar-refractivity contribution in [1.82, 2.24) is 29.9 Å². The van der Waals surface area contributed by atoms with Gasteiger partial charge in [0.1, 0.15) is 0 Å². The largest absolute Gasteiger partial charge is 0.415 e. The summed E-state index contributed by atoms with van der Waals surface area (Å²) >= 11 is 0. The molecular formula is C19H14F2N6O2. The summed E-state index contributed by atoms with van der Waals surface area (Å²) in [6.45, 7) is 1.87. The van der Waals surface area contributed by atoms with E-state index in [9.17, 15) is 13.6 Å². The van der Waals surface area contributed by atoms with Crippen LogP contribution in [0.15, 0.2) is 58.1 Å². The van der Waals surface area contributed by atoms with Crippen molar-refractivity contribution in [2.24, 2.45) is 0 Å². The van der Waals surface area contributed by atoms with Gasteiger partial charge in [0.05, 0.1) is 29.7 Å². The average Bonchev–Trinajstić information content (AvgIpc) is 3.23. The highest BCUT2D eigenvalue weighted by Crippen LogP contribution is 2.23. The van der Waals surface area contributed by atoms with Crippen molar-refractivity contribution in [3.05, 3.63) is 76.4 Å². The molecule has 0 spiro atoms. The Morgan fingerprint density at radius 2 is 1.97 bits per heavy atom. The molecular weight excluding hydrogens is 382 g/mol. The molecule has 0 amide bonds. The highest BCUT2D eigenvalue weighted by molar-refractivity contribution is 5.61. The minimum Gasteiger partial charge on any atom is -0.415 e. The predicted molar refractivity (Wildman–Crippen MR) is 98.1 cm³/mol. The van der Waals surface area contributed by atoms with E-state index in [1.54, 1.807) is 37.5 Å². The number of nitrogens with zero attached hydrogens (tertiary/aromatic N) is 6. The van der Waals surface area contributed by atoms with Crippen LogP contribution in [0.1, 0.15) is 23.6 Å². The zero-order chi connectivity index (χ0) is 20.4. The highest BCUT2D eigenvalue weighted by atomic mass is 19.3. The van der Waals surface area contributed by atoms with E-state index < -0.39 is 12.3 Å². The standard InChI is InChI=1S/C19H14F2N6O2/c1-11-14(15-4-2-3-7-22-15)9-24-27(19(11)28)10-13-6-5-12(8-23-13)17-25-26-18(29-17)16(20)21/h2-9,16H,10H2,1H3. The lowest BCUT2D eigenvalue weighted by Crippen LogP contribution is -2.26. The van der Waals surface area contributed by atoms with Gasteiger partial charge in [-0.05, 0) is 31.2 Å². The molecule has 29 heavy (non-hydrogen) atoms. The fourth-order valence-electron chi connectivity index (χ4n) is 2.72. The first-order valence-electron chi connectivity index (χ1n) is 8.58. The minimum atomic E-state index is -2.83. The molecule has 0 saturated carbocycles. The maximum atomic E-state index is 12.7. The molecule has 0 radical (unpaired) electrons.